The molecule has 2 saturated heterocycles. The van der Waals surface area contributed by atoms with Crippen molar-refractivity contribution in [2.45, 2.75) is 51.5 Å². The van der Waals surface area contributed by atoms with E-state index >= 15 is 0 Å². The molecule has 0 aromatic rings. The highest BCUT2D eigenvalue weighted by Crippen LogP contribution is 2.36. The molecule has 2 aliphatic heterocycles. The van der Waals surface area contributed by atoms with Crippen LogP contribution in [0.15, 0.2) is 0 Å². The molecule has 1 saturated carbocycles. The largest absolute Gasteiger partial charge is 0.481 e. The maximum absolute atomic E-state index is 12.6. The first-order valence-electron chi connectivity index (χ1n) is 8.36. The lowest BCUT2D eigenvalue weighted by molar-refractivity contribution is -0.144. The summed E-state index contributed by atoms with van der Waals surface area (Å²) in [5.41, 5.74) is 0. The number of likely N-dealkylation sites (tertiary alicyclic amines) is 2. The van der Waals surface area contributed by atoms with E-state index < -0.39 is 5.97 Å². The van der Waals surface area contributed by atoms with Crippen LogP contribution in [0.5, 0.6) is 0 Å². The molecule has 0 spiro atoms. The molecule has 1 N–H and O–H groups in total. The molecular formula is C16H26N2O3. The van der Waals surface area contributed by atoms with Gasteiger partial charge in [-0.3, -0.25) is 4.79 Å². The van der Waals surface area contributed by atoms with E-state index in [4.69, 9.17) is 5.11 Å². The monoisotopic (exact) mass is 294 g/mol. The summed E-state index contributed by atoms with van der Waals surface area (Å²) in [5.74, 6) is -0.277. The summed E-state index contributed by atoms with van der Waals surface area (Å²) in [6.45, 7) is 3.85. The van der Waals surface area contributed by atoms with Crippen molar-refractivity contribution in [3.63, 3.8) is 0 Å². The number of carboxylic acid groups (broad SMARTS) is 1. The highest BCUT2D eigenvalue weighted by Gasteiger charge is 2.42. The summed E-state index contributed by atoms with van der Waals surface area (Å²) in [7, 11) is 0. The summed E-state index contributed by atoms with van der Waals surface area (Å²) in [5, 5.41) is 9.03. The van der Waals surface area contributed by atoms with Crippen LogP contribution in [0.3, 0.4) is 0 Å². The van der Waals surface area contributed by atoms with Gasteiger partial charge in [0.05, 0.1) is 5.92 Å². The molecule has 2 atom stereocenters. The zero-order valence-electron chi connectivity index (χ0n) is 12.8. The van der Waals surface area contributed by atoms with Gasteiger partial charge in [-0.05, 0) is 31.6 Å². The fraction of sp³-hybridized carbons (Fsp3) is 0.875. The first kappa shape index (κ1) is 14.7. The molecule has 0 aromatic carbocycles. The Morgan fingerprint density at radius 1 is 1.10 bits per heavy atom. The van der Waals surface area contributed by atoms with Crippen LogP contribution in [0.1, 0.15) is 45.4 Å². The Hall–Kier alpha value is -1.26. The van der Waals surface area contributed by atoms with E-state index in [1.54, 1.807) is 6.92 Å². The standard InChI is InChI=1S/C16H26N2O3/c1-11(15(19)20)13-9-17(10-13)16(21)18-8-4-7-14(18)12-5-2-3-6-12/h11-14H,2-10H2,1H3,(H,19,20). The van der Waals surface area contributed by atoms with Gasteiger partial charge in [0.1, 0.15) is 0 Å². The molecule has 0 radical (unpaired) electrons. The number of carbonyl (C=O) groups is 2. The second-order valence-corrected chi connectivity index (χ2v) is 7.02. The number of nitrogens with zero attached hydrogens (tertiary/aromatic N) is 2. The Labute approximate surface area is 126 Å². The fourth-order valence-corrected chi connectivity index (χ4v) is 4.23. The predicted molar refractivity (Wildman–Crippen MR) is 78.9 cm³/mol. The Morgan fingerprint density at radius 3 is 2.38 bits per heavy atom. The normalized spacial score (nSPS) is 28.7. The number of carboxylic acids is 1. The van der Waals surface area contributed by atoms with Gasteiger partial charge >= 0.3 is 12.0 Å². The van der Waals surface area contributed by atoms with Crippen LogP contribution in [0.25, 0.3) is 0 Å². The molecule has 1 aliphatic carbocycles. The van der Waals surface area contributed by atoms with Crippen LogP contribution in [0.4, 0.5) is 4.79 Å². The van der Waals surface area contributed by atoms with Gasteiger partial charge in [-0.2, -0.15) is 0 Å². The molecule has 3 fully saturated rings. The van der Waals surface area contributed by atoms with Gasteiger partial charge in [0.2, 0.25) is 0 Å². The van der Waals surface area contributed by atoms with Crippen LogP contribution >= 0.6 is 0 Å². The van der Waals surface area contributed by atoms with E-state index in [9.17, 15) is 9.59 Å². The minimum absolute atomic E-state index is 0.124. The fourth-order valence-electron chi connectivity index (χ4n) is 4.23. The zero-order valence-corrected chi connectivity index (χ0v) is 12.8. The summed E-state index contributed by atoms with van der Waals surface area (Å²) < 4.78 is 0. The lowest BCUT2D eigenvalue weighted by Crippen LogP contribution is -2.58. The maximum atomic E-state index is 12.6. The summed E-state index contributed by atoms with van der Waals surface area (Å²) in [4.78, 5) is 27.5. The highest BCUT2D eigenvalue weighted by atomic mass is 16.4. The van der Waals surface area contributed by atoms with Crippen molar-refractivity contribution in [1.29, 1.82) is 0 Å². The van der Waals surface area contributed by atoms with Gasteiger partial charge in [-0.1, -0.05) is 19.8 Å². The molecule has 21 heavy (non-hydrogen) atoms. The minimum Gasteiger partial charge on any atom is -0.481 e. The lowest BCUT2D eigenvalue weighted by Gasteiger charge is -2.44. The topological polar surface area (TPSA) is 60.9 Å². The number of aliphatic carboxylic acids is 1. The number of carbonyl (C=O) groups excluding carboxylic acids is 1. The van der Waals surface area contributed by atoms with Gasteiger partial charge in [0.15, 0.2) is 0 Å². The molecule has 118 valence electrons. The molecule has 2 amide bonds. The molecule has 0 aromatic heterocycles. The van der Waals surface area contributed by atoms with Crippen LogP contribution in [-0.2, 0) is 4.79 Å². The second kappa shape index (κ2) is 5.85. The Balaban J connectivity index is 1.55. The highest BCUT2D eigenvalue weighted by molar-refractivity contribution is 5.77. The molecule has 5 heteroatoms. The van der Waals surface area contributed by atoms with Crippen molar-refractivity contribution in [2.75, 3.05) is 19.6 Å². The summed E-state index contributed by atoms with van der Waals surface area (Å²) >= 11 is 0. The van der Waals surface area contributed by atoms with Crippen molar-refractivity contribution in [3.8, 4) is 0 Å². The van der Waals surface area contributed by atoms with Crippen molar-refractivity contribution >= 4 is 12.0 Å². The minimum atomic E-state index is -0.753. The van der Waals surface area contributed by atoms with Crippen molar-refractivity contribution < 1.29 is 14.7 Å². The van der Waals surface area contributed by atoms with E-state index in [1.807, 2.05) is 4.90 Å². The molecule has 0 bridgehead atoms. The Bertz CT molecular complexity index is 414. The maximum Gasteiger partial charge on any atom is 0.320 e. The smallest absolute Gasteiger partial charge is 0.320 e. The van der Waals surface area contributed by atoms with E-state index in [-0.39, 0.29) is 17.9 Å². The predicted octanol–water partition coefficient (Wildman–Crippen LogP) is 2.41. The molecule has 3 rings (SSSR count). The third-order valence-electron chi connectivity index (χ3n) is 5.77. The van der Waals surface area contributed by atoms with Gasteiger partial charge in [-0.25, -0.2) is 4.79 Å². The molecule has 2 unspecified atom stereocenters. The number of hydrogen-bond donors (Lipinski definition) is 1. The quantitative estimate of drug-likeness (QED) is 0.869. The lowest BCUT2D eigenvalue weighted by atomic mass is 9.87. The number of rotatable bonds is 3. The number of urea groups is 1. The van der Waals surface area contributed by atoms with Crippen LogP contribution in [0.2, 0.25) is 0 Å². The average Bonchev–Trinajstić information content (AvgIpc) is 3.06. The van der Waals surface area contributed by atoms with E-state index in [2.05, 4.69) is 4.90 Å². The van der Waals surface area contributed by atoms with Crippen molar-refractivity contribution in [1.82, 2.24) is 9.80 Å². The third kappa shape index (κ3) is 2.74. The van der Waals surface area contributed by atoms with Gasteiger partial charge in [0, 0.05) is 31.6 Å². The van der Waals surface area contributed by atoms with E-state index in [1.165, 1.54) is 25.7 Å². The van der Waals surface area contributed by atoms with Crippen LogP contribution in [-0.4, -0.2) is 52.6 Å². The van der Waals surface area contributed by atoms with Gasteiger partial charge < -0.3 is 14.9 Å². The first-order chi connectivity index (χ1) is 10.1. The Morgan fingerprint density at radius 2 is 1.76 bits per heavy atom. The molecule has 3 aliphatic rings. The third-order valence-corrected chi connectivity index (χ3v) is 5.77. The molecule has 5 nitrogen and oxygen atoms in total. The number of amides is 2. The van der Waals surface area contributed by atoms with Gasteiger partial charge in [-0.15, -0.1) is 0 Å². The van der Waals surface area contributed by atoms with Crippen LogP contribution < -0.4 is 0 Å². The van der Waals surface area contributed by atoms with E-state index in [0.717, 1.165) is 19.4 Å². The number of hydrogen-bond acceptors (Lipinski definition) is 2. The SMILES string of the molecule is CC(C(=O)O)C1CN(C(=O)N2CCCC2C2CCCC2)C1. The Kier molecular flexibility index (Phi) is 4.09. The summed E-state index contributed by atoms with van der Waals surface area (Å²) in [6.07, 6.45) is 7.44. The first-order valence-corrected chi connectivity index (χ1v) is 8.36. The average molecular weight is 294 g/mol. The van der Waals surface area contributed by atoms with Crippen molar-refractivity contribution in [3.05, 3.63) is 0 Å². The van der Waals surface area contributed by atoms with Crippen molar-refractivity contribution in [2.24, 2.45) is 17.8 Å². The van der Waals surface area contributed by atoms with E-state index in [0.29, 0.717) is 25.0 Å². The molecule has 2 heterocycles. The second-order valence-electron chi connectivity index (χ2n) is 7.02. The zero-order chi connectivity index (χ0) is 15.0. The van der Waals surface area contributed by atoms with Crippen LogP contribution in [0, 0.1) is 17.8 Å². The summed E-state index contributed by atoms with van der Waals surface area (Å²) in [6, 6.07) is 0.592. The van der Waals surface area contributed by atoms with Gasteiger partial charge in [0.25, 0.3) is 0 Å². The molecular weight excluding hydrogens is 268 g/mol.